The van der Waals surface area contributed by atoms with E-state index in [9.17, 15) is 4.79 Å². The van der Waals surface area contributed by atoms with Gasteiger partial charge in [-0.3, -0.25) is 4.79 Å². The number of ether oxygens (including phenoxy) is 1. The molecule has 3 rings (SSSR count). The number of amides is 1. The molecule has 1 aliphatic rings. The summed E-state index contributed by atoms with van der Waals surface area (Å²) in [7, 11) is 2.12. The fraction of sp³-hybridized carbons (Fsp3) is 0.333. The standard InChI is InChI=1S/C18H20BrN3O2/c1-22-9-7-16(8-10-22)24-17-6-5-15(12-20-17)21-18(23)13-3-2-4-14(19)11-13/h2-6,11-12,16H,7-10H2,1H3,(H,21,23). The molecule has 2 aromatic rings. The summed E-state index contributed by atoms with van der Waals surface area (Å²) in [6.45, 7) is 2.09. The van der Waals surface area contributed by atoms with E-state index in [2.05, 4.69) is 38.2 Å². The van der Waals surface area contributed by atoms with Gasteiger partial charge in [0.2, 0.25) is 5.88 Å². The average molecular weight is 390 g/mol. The monoisotopic (exact) mass is 389 g/mol. The highest BCUT2D eigenvalue weighted by atomic mass is 79.9. The van der Waals surface area contributed by atoms with E-state index in [1.807, 2.05) is 18.2 Å². The van der Waals surface area contributed by atoms with Gasteiger partial charge in [0.25, 0.3) is 5.91 Å². The van der Waals surface area contributed by atoms with Crippen LogP contribution in [-0.2, 0) is 0 Å². The summed E-state index contributed by atoms with van der Waals surface area (Å²) in [5.41, 5.74) is 1.24. The molecule has 0 spiro atoms. The van der Waals surface area contributed by atoms with Crippen LogP contribution >= 0.6 is 15.9 Å². The van der Waals surface area contributed by atoms with Crippen LogP contribution in [-0.4, -0.2) is 42.0 Å². The van der Waals surface area contributed by atoms with E-state index in [4.69, 9.17) is 4.74 Å². The molecule has 5 nitrogen and oxygen atoms in total. The van der Waals surface area contributed by atoms with Crippen LogP contribution in [0.3, 0.4) is 0 Å². The molecule has 2 heterocycles. The number of carbonyl (C=O) groups excluding carboxylic acids is 1. The van der Waals surface area contributed by atoms with Gasteiger partial charge in [-0.15, -0.1) is 0 Å². The highest BCUT2D eigenvalue weighted by Crippen LogP contribution is 2.19. The van der Waals surface area contributed by atoms with Crippen LogP contribution in [0.25, 0.3) is 0 Å². The summed E-state index contributed by atoms with van der Waals surface area (Å²) in [5.74, 6) is 0.437. The summed E-state index contributed by atoms with van der Waals surface area (Å²) in [6, 6.07) is 10.9. The number of likely N-dealkylation sites (tertiary alicyclic amines) is 1. The Labute approximate surface area is 150 Å². The van der Waals surface area contributed by atoms with Crippen molar-refractivity contribution in [2.24, 2.45) is 0 Å². The molecular weight excluding hydrogens is 370 g/mol. The van der Waals surface area contributed by atoms with Crippen molar-refractivity contribution >= 4 is 27.5 Å². The fourth-order valence-corrected chi connectivity index (χ4v) is 3.03. The first kappa shape index (κ1) is 16.9. The molecule has 24 heavy (non-hydrogen) atoms. The summed E-state index contributed by atoms with van der Waals surface area (Å²) < 4.78 is 6.78. The minimum atomic E-state index is -0.165. The number of halogens is 1. The van der Waals surface area contributed by atoms with Crippen LogP contribution in [0.5, 0.6) is 5.88 Å². The van der Waals surface area contributed by atoms with Gasteiger partial charge in [-0.1, -0.05) is 22.0 Å². The van der Waals surface area contributed by atoms with Crippen LogP contribution < -0.4 is 10.1 Å². The molecule has 1 fully saturated rings. The van der Waals surface area contributed by atoms with Crippen LogP contribution in [0, 0.1) is 0 Å². The van der Waals surface area contributed by atoms with Crippen LogP contribution in [0.2, 0.25) is 0 Å². The van der Waals surface area contributed by atoms with Crippen molar-refractivity contribution in [1.29, 1.82) is 0 Å². The predicted molar refractivity (Wildman–Crippen MR) is 97.5 cm³/mol. The average Bonchev–Trinajstić information content (AvgIpc) is 2.59. The number of nitrogens with zero attached hydrogens (tertiary/aromatic N) is 2. The third-order valence-corrected chi connectivity index (χ3v) is 4.53. The van der Waals surface area contributed by atoms with E-state index < -0.39 is 0 Å². The third-order valence-electron chi connectivity index (χ3n) is 4.03. The van der Waals surface area contributed by atoms with Crippen LogP contribution in [0.1, 0.15) is 23.2 Å². The molecule has 1 aromatic carbocycles. The minimum absolute atomic E-state index is 0.165. The highest BCUT2D eigenvalue weighted by Gasteiger charge is 2.18. The number of anilines is 1. The predicted octanol–water partition coefficient (Wildman–Crippen LogP) is 3.57. The van der Waals surface area contributed by atoms with Crippen LogP contribution in [0.4, 0.5) is 5.69 Å². The maximum absolute atomic E-state index is 12.2. The Morgan fingerprint density at radius 3 is 2.75 bits per heavy atom. The molecule has 1 aromatic heterocycles. The molecule has 0 radical (unpaired) electrons. The molecule has 0 aliphatic carbocycles. The normalized spacial score (nSPS) is 15.9. The summed E-state index contributed by atoms with van der Waals surface area (Å²) in [4.78, 5) is 18.8. The number of piperidine rings is 1. The molecular formula is C18H20BrN3O2. The SMILES string of the molecule is CN1CCC(Oc2ccc(NC(=O)c3cccc(Br)c3)cn2)CC1. The van der Waals surface area contributed by atoms with Gasteiger partial charge in [0.15, 0.2) is 0 Å². The van der Waals surface area contributed by atoms with Crippen molar-refractivity contribution < 1.29 is 9.53 Å². The zero-order valence-corrected chi connectivity index (χ0v) is 15.1. The van der Waals surface area contributed by atoms with E-state index in [0.717, 1.165) is 30.4 Å². The fourth-order valence-electron chi connectivity index (χ4n) is 2.63. The van der Waals surface area contributed by atoms with Crippen molar-refractivity contribution in [2.75, 3.05) is 25.5 Å². The zero-order valence-electron chi connectivity index (χ0n) is 13.5. The number of hydrogen-bond donors (Lipinski definition) is 1. The first-order valence-corrected chi connectivity index (χ1v) is 8.77. The number of hydrogen-bond acceptors (Lipinski definition) is 4. The van der Waals surface area contributed by atoms with Gasteiger partial charge in [0.1, 0.15) is 6.10 Å². The van der Waals surface area contributed by atoms with Gasteiger partial charge in [0, 0.05) is 29.2 Å². The first-order valence-electron chi connectivity index (χ1n) is 7.98. The lowest BCUT2D eigenvalue weighted by atomic mass is 10.1. The molecule has 6 heteroatoms. The van der Waals surface area contributed by atoms with Crippen molar-refractivity contribution in [3.63, 3.8) is 0 Å². The summed E-state index contributed by atoms with van der Waals surface area (Å²) >= 11 is 3.36. The Kier molecular flexibility index (Phi) is 5.48. The summed E-state index contributed by atoms with van der Waals surface area (Å²) in [5, 5.41) is 2.84. The lowest BCUT2D eigenvalue weighted by molar-refractivity contribution is 0.102. The smallest absolute Gasteiger partial charge is 0.255 e. The van der Waals surface area contributed by atoms with Crippen molar-refractivity contribution in [3.05, 3.63) is 52.6 Å². The molecule has 126 valence electrons. The maximum Gasteiger partial charge on any atom is 0.255 e. The Morgan fingerprint density at radius 2 is 2.08 bits per heavy atom. The van der Waals surface area contributed by atoms with Gasteiger partial charge in [-0.25, -0.2) is 4.98 Å². The van der Waals surface area contributed by atoms with Gasteiger partial charge in [0.05, 0.1) is 11.9 Å². The topological polar surface area (TPSA) is 54.5 Å². The summed E-state index contributed by atoms with van der Waals surface area (Å²) in [6.07, 6.45) is 3.87. The molecule has 0 atom stereocenters. The largest absolute Gasteiger partial charge is 0.474 e. The highest BCUT2D eigenvalue weighted by molar-refractivity contribution is 9.10. The number of nitrogens with one attached hydrogen (secondary N) is 1. The molecule has 1 amide bonds. The van der Waals surface area contributed by atoms with E-state index in [1.165, 1.54) is 0 Å². The van der Waals surface area contributed by atoms with Crippen molar-refractivity contribution in [3.8, 4) is 5.88 Å². The Balaban J connectivity index is 1.57. The number of carbonyl (C=O) groups is 1. The molecule has 1 saturated heterocycles. The quantitative estimate of drug-likeness (QED) is 0.868. The van der Waals surface area contributed by atoms with Gasteiger partial charge < -0.3 is 15.0 Å². The second kappa shape index (κ2) is 7.77. The van der Waals surface area contributed by atoms with Gasteiger partial charge in [-0.2, -0.15) is 0 Å². The second-order valence-electron chi connectivity index (χ2n) is 5.97. The molecule has 1 aliphatic heterocycles. The van der Waals surface area contributed by atoms with Crippen molar-refractivity contribution in [1.82, 2.24) is 9.88 Å². The number of benzene rings is 1. The number of pyridine rings is 1. The van der Waals surface area contributed by atoms with Gasteiger partial charge >= 0.3 is 0 Å². The van der Waals surface area contributed by atoms with E-state index in [1.54, 1.807) is 24.4 Å². The molecule has 0 bridgehead atoms. The van der Waals surface area contributed by atoms with Gasteiger partial charge in [-0.05, 0) is 44.2 Å². The van der Waals surface area contributed by atoms with E-state index >= 15 is 0 Å². The minimum Gasteiger partial charge on any atom is -0.474 e. The lowest BCUT2D eigenvalue weighted by Crippen LogP contribution is -2.35. The Morgan fingerprint density at radius 1 is 1.29 bits per heavy atom. The van der Waals surface area contributed by atoms with Crippen molar-refractivity contribution in [2.45, 2.75) is 18.9 Å². The molecule has 1 N–H and O–H groups in total. The van der Waals surface area contributed by atoms with E-state index in [0.29, 0.717) is 17.1 Å². The molecule has 0 saturated carbocycles. The Bertz CT molecular complexity index is 698. The third kappa shape index (κ3) is 4.55. The number of rotatable bonds is 4. The Hall–Kier alpha value is -1.92. The lowest BCUT2D eigenvalue weighted by Gasteiger charge is -2.28. The maximum atomic E-state index is 12.2. The number of aromatic nitrogens is 1. The molecule has 0 unspecified atom stereocenters. The first-order chi connectivity index (χ1) is 11.6. The zero-order chi connectivity index (χ0) is 16.9. The van der Waals surface area contributed by atoms with Crippen LogP contribution in [0.15, 0.2) is 47.1 Å². The van der Waals surface area contributed by atoms with E-state index in [-0.39, 0.29) is 12.0 Å². The second-order valence-corrected chi connectivity index (χ2v) is 6.89.